The van der Waals surface area contributed by atoms with Crippen molar-refractivity contribution in [2.75, 3.05) is 19.8 Å². The third-order valence-electron chi connectivity index (χ3n) is 5.67. The average Bonchev–Trinajstić information content (AvgIpc) is 2.78. The Bertz CT molecular complexity index is 966. The first-order valence-corrected chi connectivity index (χ1v) is 12.2. The Morgan fingerprint density at radius 1 is 1.13 bits per heavy atom. The number of amides is 1. The minimum atomic E-state index is -3.93. The fourth-order valence-electron chi connectivity index (χ4n) is 3.76. The molecule has 2 heterocycles. The fourth-order valence-corrected chi connectivity index (χ4v) is 5.68. The number of aromatic nitrogens is 1. The van der Waals surface area contributed by atoms with Crippen molar-refractivity contribution in [2.24, 2.45) is 5.73 Å². The molecule has 0 saturated carbocycles. The molecule has 7 nitrogen and oxygen atoms in total. The van der Waals surface area contributed by atoms with E-state index < -0.39 is 20.5 Å². The lowest BCUT2D eigenvalue weighted by molar-refractivity contribution is -0.122. The van der Waals surface area contributed by atoms with E-state index in [1.807, 2.05) is 6.20 Å². The molecule has 2 aromatic rings. The lowest BCUT2D eigenvalue weighted by atomic mass is 9.98. The minimum Gasteiger partial charge on any atom is -0.494 e. The van der Waals surface area contributed by atoms with Crippen LogP contribution in [-0.4, -0.2) is 43.9 Å². The summed E-state index contributed by atoms with van der Waals surface area (Å²) in [6, 6.07) is 10.3. The maximum absolute atomic E-state index is 13.1. The number of benzene rings is 1. The second kappa shape index (κ2) is 10.2. The number of sulfone groups is 1. The zero-order chi connectivity index (χ0) is 22.3. The van der Waals surface area contributed by atoms with Gasteiger partial charge in [-0.25, -0.2) is 8.42 Å². The van der Waals surface area contributed by atoms with Crippen LogP contribution < -0.4 is 10.5 Å². The quantitative estimate of drug-likeness (QED) is 0.562. The molecular weight excluding hydrogens is 416 g/mol. The van der Waals surface area contributed by atoms with Gasteiger partial charge in [0.1, 0.15) is 5.75 Å². The molecular formula is C23H30N2O5S. The first-order chi connectivity index (χ1) is 14.9. The minimum absolute atomic E-state index is 0.0667. The van der Waals surface area contributed by atoms with Gasteiger partial charge in [-0.05, 0) is 68.0 Å². The van der Waals surface area contributed by atoms with Crippen molar-refractivity contribution in [3.8, 4) is 5.75 Å². The van der Waals surface area contributed by atoms with Crippen LogP contribution in [0.4, 0.5) is 0 Å². The van der Waals surface area contributed by atoms with Crippen molar-refractivity contribution >= 4 is 15.7 Å². The first-order valence-electron chi connectivity index (χ1n) is 10.7. The summed E-state index contributed by atoms with van der Waals surface area (Å²) in [5, 5.41) is 0. The normalized spacial score (nSPS) is 16.0. The van der Waals surface area contributed by atoms with Crippen LogP contribution in [0.15, 0.2) is 47.5 Å². The van der Waals surface area contributed by atoms with Gasteiger partial charge < -0.3 is 15.2 Å². The Morgan fingerprint density at radius 2 is 1.84 bits per heavy atom. The van der Waals surface area contributed by atoms with Crippen molar-refractivity contribution in [3.63, 3.8) is 0 Å². The number of ether oxygens (including phenoxy) is 2. The largest absolute Gasteiger partial charge is 0.494 e. The Labute approximate surface area is 183 Å². The van der Waals surface area contributed by atoms with E-state index in [1.165, 1.54) is 12.1 Å². The van der Waals surface area contributed by atoms with Crippen molar-refractivity contribution < 1.29 is 22.7 Å². The highest BCUT2D eigenvalue weighted by molar-refractivity contribution is 7.93. The smallest absolute Gasteiger partial charge is 0.239 e. The Balaban J connectivity index is 1.56. The predicted octanol–water partition coefficient (Wildman–Crippen LogP) is 2.85. The molecule has 1 fully saturated rings. The lowest BCUT2D eigenvalue weighted by Gasteiger charge is -2.33. The average molecular weight is 447 g/mol. The number of rotatable bonds is 10. The topological polar surface area (TPSA) is 109 Å². The van der Waals surface area contributed by atoms with Gasteiger partial charge in [0.2, 0.25) is 5.91 Å². The third-order valence-corrected chi connectivity index (χ3v) is 8.20. The molecule has 8 heteroatoms. The Kier molecular flexibility index (Phi) is 7.67. The zero-order valence-electron chi connectivity index (χ0n) is 17.9. The summed E-state index contributed by atoms with van der Waals surface area (Å²) in [7, 11) is -3.93. The summed E-state index contributed by atoms with van der Waals surface area (Å²) >= 11 is 0. The molecule has 1 aromatic carbocycles. The Morgan fingerprint density at radius 3 is 2.42 bits per heavy atom. The number of hydrogen-bond acceptors (Lipinski definition) is 6. The van der Waals surface area contributed by atoms with Crippen LogP contribution in [0, 0.1) is 0 Å². The van der Waals surface area contributed by atoms with E-state index in [9.17, 15) is 13.2 Å². The molecule has 0 radical (unpaired) electrons. The van der Waals surface area contributed by atoms with Crippen LogP contribution in [-0.2, 0) is 32.2 Å². The molecule has 0 spiro atoms. The van der Waals surface area contributed by atoms with Gasteiger partial charge in [0.15, 0.2) is 14.6 Å². The van der Waals surface area contributed by atoms with Crippen LogP contribution in [0.2, 0.25) is 0 Å². The number of carbonyl (C=O) groups is 1. The summed E-state index contributed by atoms with van der Waals surface area (Å²) < 4.78 is 35.6. The van der Waals surface area contributed by atoms with Crippen molar-refractivity contribution in [2.45, 2.75) is 55.1 Å². The molecule has 0 unspecified atom stereocenters. The van der Waals surface area contributed by atoms with Crippen LogP contribution in [0.1, 0.15) is 43.9 Å². The standard InChI is InChI=1S/C23H30N2O5S/c1-2-4-19-7-6-18(17-25-19)5-3-14-30-20-8-10-21(11-9-20)31(27,28)23(22(24)26)12-15-29-16-13-23/h6-11,17H,2-5,12-16H2,1H3,(H2,24,26). The van der Waals surface area contributed by atoms with Crippen molar-refractivity contribution in [3.05, 3.63) is 53.9 Å². The molecule has 1 saturated heterocycles. The molecule has 1 aliphatic heterocycles. The van der Waals surface area contributed by atoms with Gasteiger partial charge >= 0.3 is 0 Å². The highest BCUT2D eigenvalue weighted by Crippen LogP contribution is 2.35. The van der Waals surface area contributed by atoms with E-state index in [-0.39, 0.29) is 31.0 Å². The number of pyridine rings is 1. The first kappa shape index (κ1) is 23.2. The van der Waals surface area contributed by atoms with Gasteiger partial charge in [-0.1, -0.05) is 19.4 Å². The summed E-state index contributed by atoms with van der Waals surface area (Å²) in [4.78, 5) is 16.6. The predicted molar refractivity (Wildman–Crippen MR) is 118 cm³/mol. The summed E-state index contributed by atoms with van der Waals surface area (Å²) in [6.45, 7) is 3.03. The van der Waals surface area contributed by atoms with Gasteiger partial charge in [0, 0.05) is 25.1 Å². The monoisotopic (exact) mass is 446 g/mol. The SMILES string of the molecule is CCCc1ccc(CCCOc2ccc(S(=O)(=O)C3(C(N)=O)CCOCC3)cc2)cn1. The number of hydrogen-bond donors (Lipinski definition) is 1. The molecule has 31 heavy (non-hydrogen) atoms. The number of nitrogens with zero attached hydrogens (tertiary/aromatic N) is 1. The van der Waals surface area contributed by atoms with E-state index in [0.717, 1.165) is 36.9 Å². The molecule has 168 valence electrons. The summed E-state index contributed by atoms with van der Waals surface area (Å²) in [5.41, 5.74) is 7.78. The van der Waals surface area contributed by atoms with Gasteiger partial charge in [0.25, 0.3) is 0 Å². The maximum atomic E-state index is 13.1. The summed E-state index contributed by atoms with van der Waals surface area (Å²) in [5.74, 6) is -0.246. The highest BCUT2D eigenvalue weighted by atomic mass is 32.2. The molecule has 0 aliphatic carbocycles. The molecule has 1 aliphatic rings. The van der Waals surface area contributed by atoms with Gasteiger partial charge in [-0.2, -0.15) is 0 Å². The molecule has 1 aromatic heterocycles. The molecule has 2 N–H and O–H groups in total. The lowest BCUT2D eigenvalue weighted by Crippen LogP contribution is -2.53. The van der Waals surface area contributed by atoms with Crippen LogP contribution in [0.5, 0.6) is 5.75 Å². The zero-order valence-corrected chi connectivity index (χ0v) is 18.7. The van der Waals surface area contributed by atoms with E-state index in [1.54, 1.807) is 12.1 Å². The molecule has 1 amide bonds. The fraction of sp³-hybridized carbons (Fsp3) is 0.478. The van der Waals surface area contributed by atoms with Gasteiger partial charge in [0.05, 0.1) is 11.5 Å². The van der Waals surface area contributed by atoms with E-state index in [2.05, 4.69) is 24.0 Å². The molecule has 0 bridgehead atoms. The Hall–Kier alpha value is -2.45. The van der Waals surface area contributed by atoms with Crippen LogP contribution in [0.25, 0.3) is 0 Å². The number of carbonyl (C=O) groups excluding carboxylic acids is 1. The van der Waals surface area contributed by atoms with Gasteiger partial charge in [-0.3, -0.25) is 9.78 Å². The van der Waals surface area contributed by atoms with Crippen LogP contribution in [0.3, 0.4) is 0 Å². The van der Waals surface area contributed by atoms with E-state index in [0.29, 0.717) is 12.4 Å². The molecule has 0 atom stereocenters. The number of aryl methyl sites for hydroxylation is 2. The third kappa shape index (κ3) is 5.25. The second-order valence-electron chi connectivity index (χ2n) is 7.81. The number of primary amides is 1. The summed E-state index contributed by atoms with van der Waals surface area (Å²) in [6.07, 6.45) is 5.79. The number of nitrogens with two attached hydrogens (primary N) is 1. The maximum Gasteiger partial charge on any atom is 0.239 e. The van der Waals surface area contributed by atoms with Crippen molar-refractivity contribution in [1.29, 1.82) is 0 Å². The van der Waals surface area contributed by atoms with E-state index >= 15 is 0 Å². The second-order valence-corrected chi connectivity index (χ2v) is 10.1. The van der Waals surface area contributed by atoms with Crippen LogP contribution >= 0.6 is 0 Å². The van der Waals surface area contributed by atoms with E-state index in [4.69, 9.17) is 15.2 Å². The molecule has 3 rings (SSSR count). The van der Waals surface area contributed by atoms with Gasteiger partial charge in [-0.15, -0.1) is 0 Å². The van der Waals surface area contributed by atoms with Crippen molar-refractivity contribution in [1.82, 2.24) is 4.98 Å². The highest BCUT2D eigenvalue weighted by Gasteiger charge is 2.51.